The third-order valence-corrected chi connectivity index (χ3v) is 8.45. The van der Waals surface area contributed by atoms with Crippen molar-refractivity contribution >= 4 is 32.1 Å². The van der Waals surface area contributed by atoms with Crippen LogP contribution >= 0.6 is 11.3 Å². The summed E-state index contributed by atoms with van der Waals surface area (Å²) in [5.74, 6) is -1.42. The van der Waals surface area contributed by atoms with Gasteiger partial charge in [-0.05, 0) is 52.8 Å². The summed E-state index contributed by atoms with van der Waals surface area (Å²) in [5, 5.41) is 24.6. The molecule has 11 heteroatoms. The van der Waals surface area contributed by atoms with Gasteiger partial charge in [0, 0.05) is 5.56 Å². The van der Waals surface area contributed by atoms with Gasteiger partial charge in [-0.25, -0.2) is 17.9 Å². The fourth-order valence-electron chi connectivity index (χ4n) is 2.85. The second-order valence-corrected chi connectivity index (χ2v) is 11.3. The van der Waals surface area contributed by atoms with Crippen LogP contribution in [0.2, 0.25) is 0 Å². The highest BCUT2D eigenvalue weighted by Crippen LogP contribution is 2.37. The number of fused-ring (bicyclic) bond motifs is 1. The molecule has 0 saturated carbocycles. The van der Waals surface area contributed by atoms with Crippen LogP contribution in [-0.2, 0) is 20.2 Å². The summed E-state index contributed by atoms with van der Waals surface area (Å²) in [7, 11) is -2.97. The molecule has 2 aromatic heterocycles. The zero-order valence-electron chi connectivity index (χ0n) is 17.4. The Morgan fingerprint density at radius 3 is 2.40 bits per heavy atom. The maximum absolute atomic E-state index is 13.2. The number of aromatic nitrogens is 3. The second-order valence-electron chi connectivity index (χ2n) is 7.89. The Kier molecular flexibility index (Phi) is 5.20. The van der Waals surface area contributed by atoms with Gasteiger partial charge in [-0.1, -0.05) is 11.3 Å². The molecule has 0 saturated heterocycles. The zero-order chi connectivity index (χ0) is 22.6. The number of carboxylic acid groups (broad SMARTS) is 1. The van der Waals surface area contributed by atoms with Crippen molar-refractivity contribution in [3.05, 3.63) is 28.9 Å². The van der Waals surface area contributed by atoms with Crippen molar-refractivity contribution in [2.45, 2.75) is 49.9 Å². The Labute approximate surface area is 177 Å². The minimum Gasteiger partial charge on any atom is -0.495 e. The average molecular weight is 454 g/mol. The van der Waals surface area contributed by atoms with Crippen LogP contribution < -0.4 is 4.74 Å². The summed E-state index contributed by atoms with van der Waals surface area (Å²) in [6, 6.07) is 4.51. The number of aliphatic carboxylic acids is 1. The molecule has 0 aliphatic carbocycles. The summed E-state index contributed by atoms with van der Waals surface area (Å²) in [5.41, 5.74) is 0.482. The van der Waals surface area contributed by atoms with Gasteiger partial charge < -0.3 is 14.9 Å². The first-order valence-corrected chi connectivity index (χ1v) is 11.3. The van der Waals surface area contributed by atoms with Gasteiger partial charge in [0.05, 0.1) is 18.5 Å². The maximum atomic E-state index is 13.2. The molecule has 2 heterocycles. The standard InChI is InChI=1S/C19H23N3O6S2/c1-10-14(22-17(20-10)29-15(21-22)18(2,3)25)11-7-8-12(28-6)13(9-11)30(26,27)19(4,5)16(23)24/h7-9,25H,1-6H3,(H,23,24). The summed E-state index contributed by atoms with van der Waals surface area (Å²) in [6.07, 6.45) is 0. The highest BCUT2D eigenvalue weighted by Gasteiger charge is 2.44. The topological polar surface area (TPSA) is 131 Å². The molecule has 0 amide bonds. The van der Waals surface area contributed by atoms with E-state index in [0.29, 0.717) is 26.9 Å². The SMILES string of the molecule is COc1ccc(-c2c(C)nc3sc(C(C)(C)O)nn23)cc1S(=O)(=O)C(C)(C)C(=O)O. The monoisotopic (exact) mass is 453 g/mol. The molecule has 30 heavy (non-hydrogen) atoms. The second kappa shape index (κ2) is 7.03. The van der Waals surface area contributed by atoms with E-state index >= 15 is 0 Å². The molecule has 0 unspecified atom stereocenters. The molecule has 1 aromatic carbocycles. The number of methoxy groups -OCH3 is 1. The maximum Gasteiger partial charge on any atom is 0.324 e. The van der Waals surface area contributed by atoms with Gasteiger partial charge in [0.2, 0.25) is 4.96 Å². The summed E-state index contributed by atoms with van der Waals surface area (Å²) < 4.78 is 31.0. The molecule has 0 bridgehead atoms. The third kappa shape index (κ3) is 3.36. The van der Waals surface area contributed by atoms with Crippen LogP contribution in [0.15, 0.2) is 23.1 Å². The van der Waals surface area contributed by atoms with Crippen molar-refractivity contribution in [2.75, 3.05) is 7.11 Å². The first-order chi connectivity index (χ1) is 13.7. The van der Waals surface area contributed by atoms with E-state index in [4.69, 9.17) is 4.74 Å². The van der Waals surface area contributed by atoms with E-state index in [9.17, 15) is 23.4 Å². The van der Waals surface area contributed by atoms with Gasteiger partial charge in [0.25, 0.3) is 0 Å². The predicted molar refractivity (Wildman–Crippen MR) is 112 cm³/mol. The lowest BCUT2D eigenvalue weighted by Crippen LogP contribution is -2.40. The fraction of sp³-hybridized carbons (Fsp3) is 0.421. The third-order valence-electron chi connectivity index (χ3n) is 4.81. The first kappa shape index (κ1) is 22.2. The van der Waals surface area contributed by atoms with E-state index in [1.54, 1.807) is 31.4 Å². The molecule has 0 aliphatic rings. The molecular formula is C19H23N3O6S2. The summed E-state index contributed by atoms with van der Waals surface area (Å²) in [4.78, 5) is 16.4. The Morgan fingerprint density at radius 2 is 1.87 bits per heavy atom. The van der Waals surface area contributed by atoms with E-state index in [1.807, 2.05) is 0 Å². The van der Waals surface area contributed by atoms with E-state index in [0.717, 1.165) is 13.8 Å². The van der Waals surface area contributed by atoms with E-state index in [2.05, 4.69) is 10.1 Å². The molecule has 0 atom stereocenters. The first-order valence-electron chi connectivity index (χ1n) is 8.97. The van der Waals surface area contributed by atoms with E-state index < -0.39 is 26.2 Å². The molecule has 3 rings (SSSR count). The van der Waals surface area contributed by atoms with Gasteiger partial charge in [0.1, 0.15) is 21.3 Å². The highest BCUT2D eigenvalue weighted by atomic mass is 32.2. The van der Waals surface area contributed by atoms with Crippen molar-refractivity contribution in [3.8, 4) is 17.0 Å². The lowest BCUT2D eigenvalue weighted by Gasteiger charge is -2.21. The number of rotatable bonds is 6. The average Bonchev–Trinajstić information content (AvgIpc) is 3.17. The molecule has 9 nitrogen and oxygen atoms in total. The van der Waals surface area contributed by atoms with Gasteiger partial charge in [-0.15, -0.1) is 0 Å². The number of carboxylic acids is 1. The largest absolute Gasteiger partial charge is 0.495 e. The molecule has 0 spiro atoms. The van der Waals surface area contributed by atoms with E-state index in [1.165, 1.54) is 30.6 Å². The number of hydrogen-bond donors (Lipinski definition) is 2. The number of benzene rings is 1. The van der Waals surface area contributed by atoms with Crippen molar-refractivity contribution in [1.29, 1.82) is 0 Å². The fourth-order valence-corrected chi connectivity index (χ4v) is 5.28. The van der Waals surface area contributed by atoms with Crippen molar-refractivity contribution in [3.63, 3.8) is 0 Å². The molecule has 3 aromatic rings. The normalized spacial score (nSPS) is 13.0. The number of sulfone groups is 1. The van der Waals surface area contributed by atoms with Crippen LogP contribution in [0, 0.1) is 6.92 Å². The van der Waals surface area contributed by atoms with Gasteiger partial charge >= 0.3 is 5.97 Å². The number of imidazole rings is 1. The highest BCUT2D eigenvalue weighted by molar-refractivity contribution is 7.93. The summed E-state index contributed by atoms with van der Waals surface area (Å²) >= 11 is 1.23. The van der Waals surface area contributed by atoms with Crippen LogP contribution in [0.25, 0.3) is 16.2 Å². The number of hydrogen-bond acceptors (Lipinski definition) is 8. The van der Waals surface area contributed by atoms with Gasteiger partial charge in [-0.3, -0.25) is 4.79 Å². The van der Waals surface area contributed by atoms with Crippen LogP contribution in [0.5, 0.6) is 5.75 Å². The molecule has 0 radical (unpaired) electrons. The molecule has 2 N–H and O–H groups in total. The Balaban J connectivity index is 2.28. The number of nitrogens with zero attached hydrogens (tertiary/aromatic N) is 3. The van der Waals surface area contributed by atoms with Crippen molar-refractivity contribution in [1.82, 2.24) is 14.6 Å². The predicted octanol–water partition coefficient (Wildman–Crippen LogP) is 2.64. The molecule has 162 valence electrons. The molecular weight excluding hydrogens is 430 g/mol. The number of aliphatic hydroxyl groups is 1. The smallest absolute Gasteiger partial charge is 0.324 e. The van der Waals surface area contributed by atoms with Crippen LogP contribution in [0.4, 0.5) is 0 Å². The lowest BCUT2D eigenvalue weighted by atomic mass is 10.1. The Bertz CT molecular complexity index is 1250. The molecule has 0 aliphatic heterocycles. The Hall–Kier alpha value is -2.50. The van der Waals surface area contributed by atoms with Gasteiger partial charge in [-0.2, -0.15) is 5.10 Å². The van der Waals surface area contributed by atoms with Gasteiger partial charge in [0.15, 0.2) is 14.6 Å². The minimum absolute atomic E-state index is 0.0435. The summed E-state index contributed by atoms with van der Waals surface area (Å²) in [6.45, 7) is 7.26. The number of aryl methyl sites for hydroxylation is 1. The number of carbonyl (C=O) groups is 1. The Morgan fingerprint density at radius 1 is 1.23 bits per heavy atom. The molecule has 0 fully saturated rings. The van der Waals surface area contributed by atoms with E-state index in [-0.39, 0.29) is 10.6 Å². The van der Waals surface area contributed by atoms with Crippen LogP contribution in [0.3, 0.4) is 0 Å². The number of ether oxygens (including phenoxy) is 1. The van der Waals surface area contributed by atoms with Crippen molar-refractivity contribution in [2.24, 2.45) is 0 Å². The zero-order valence-corrected chi connectivity index (χ0v) is 19.1. The lowest BCUT2D eigenvalue weighted by molar-refractivity contribution is -0.139. The minimum atomic E-state index is -4.29. The van der Waals surface area contributed by atoms with Crippen LogP contribution in [0.1, 0.15) is 38.4 Å². The van der Waals surface area contributed by atoms with Crippen LogP contribution in [-0.4, -0.2) is 51.1 Å². The van der Waals surface area contributed by atoms with Crippen molar-refractivity contribution < 1.29 is 28.2 Å². The quantitative estimate of drug-likeness (QED) is 0.582.